The molecular weight excluding hydrogens is 253 g/mol. The monoisotopic (exact) mass is 271 g/mol. The molecule has 0 atom stereocenters. The van der Waals surface area contributed by atoms with Crippen LogP contribution in [0.5, 0.6) is 0 Å². The summed E-state index contributed by atoms with van der Waals surface area (Å²) in [6.07, 6.45) is 3.35. The molecule has 20 heavy (non-hydrogen) atoms. The van der Waals surface area contributed by atoms with Gasteiger partial charge in [0.2, 0.25) is 0 Å². The minimum Gasteiger partial charge on any atom is -0.366 e. The van der Waals surface area contributed by atoms with Gasteiger partial charge in [0.25, 0.3) is 0 Å². The Kier molecular flexibility index (Phi) is 3.65. The number of aryl methyl sites for hydroxylation is 2. The molecule has 104 valence electrons. The van der Waals surface area contributed by atoms with E-state index in [9.17, 15) is 4.39 Å². The van der Waals surface area contributed by atoms with E-state index in [1.807, 2.05) is 12.1 Å². The van der Waals surface area contributed by atoms with E-state index in [0.717, 1.165) is 24.2 Å². The van der Waals surface area contributed by atoms with Crippen molar-refractivity contribution in [1.82, 2.24) is 4.98 Å². The maximum absolute atomic E-state index is 13.8. The third-order valence-corrected chi connectivity index (χ3v) is 3.74. The fraction of sp³-hybridized carbons (Fsp3) is 0.312. The number of halogens is 1. The molecule has 3 nitrogen and oxygen atoms in total. The molecule has 0 bridgehead atoms. The lowest BCUT2D eigenvalue weighted by Gasteiger charge is -2.09. The molecular formula is C16H18FN3. The Labute approximate surface area is 118 Å². The van der Waals surface area contributed by atoms with Crippen molar-refractivity contribution < 1.29 is 4.39 Å². The summed E-state index contributed by atoms with van der Waals surface area (Å²) >= 11 is 0. The number of hydrogen-bond acceptors (Lipinski definition) is 3. The second-order valence-electron chi connectivity index (χ2n) is 5.14. The van der Waals surface area contributed by atoms with Crippen LogP contribution in [0.2, 0.25) is 0 Å². The molecule has 1 aromatic carbocycles. The lowest BCUT2D eigenvalue weighted by molar-refractivity contribution is 0.610. The van der Waals surface area contributed by atoms with Crippen molar-refractivity contribution in [1.29, 1.82) is 0 Å². The minimum atomic E-state index is -0.221. The van der Waals surface area contributed by atoms with Crippen molar-refractivity contribution in [3.63, 3.8) is 0 Å². The first-order chi connectivity index (χ1) is 9.76. The molecule has 0 spiro atoms. The van der Waals surface area contributed by atoms with Gasteiger partial charge in [-0.15, -0.1) is 0 Å². The lowest BCUT2D eigenvalue weighted by atomic mass is 10.1. The number of nitrogens with one attached hydrogen (secondary N) is 1. The molecule has 1 aliphatic rings. The van der Waals surface area contributed by atoms with E-state index < -0.39 is 0 Å². The van der Waals surface area contributed by atoms with Crippen LogP contribution >= 0.6 is 0 Å². The second kappa shape index (κ2) is 5.59. The van der Waals surface area contributed by atoms with E-state index in [2.05, 4.69) is 16.4 Å². The van der Waals surface area contributed by atoms with Crippen LogP contribution in [0.3, 0.4) is 0 Å². The highest BCUT2D eigenvalue weighted by Crippen LogP contribution is 2.22. The summed E-state index contributed by atoms with van der Waals surface area (Å²) in [6.45, 7) is 0.791. The van der Waals surface area contributed by atoms with Crippen LogP contribution in [0.25, 0.3) is 0 Å². The number of anilines is 1. The molecule has 2 aromatic rings. The van der Waals surface area contributed by atoms with Gasteiger partial charge >= 0.3 is 0 Å². The normalized spacial score (nSPS) is 13.3. The Morgan fingerprint density at radius 1 is 1.20 bits per heavy atom. The Morgan fingerprint density at radius 3 is 2.90 bits per heavy atom. The zero-order valence-electron chi connectivity index (χ0n) is 11.3. The zero-order chi connectivity index (χ0) is 13.9. The van der Waals surface area contributed by atoms with Gasteiger partial charge in [0.15, 0.2) is 0 Å². The van der Waals surface area contributed by atoms with Crippen LogP contribution in [0, 0.1) is 5.82 Å². The summed E-state index contributed by atoms with van der Waals surface area (Å²) in [7, 11) is 0. The van der Waals surface area contributed by atoms with E-state index in [0.29, 0.717) is 18.7 Å². The van der Waals surface area contributed by atoms with Gasteiger partial charge in [0, 0.05) is 24.3 Å². The third-order valence-electron chi connectivity index (χ3n) is 3.74. The summed E-state index contributed by atoms with van der Waals surface area (Å²) in [5, 5.41) is 3.19. The molecule has 3 rings (SSSR count). The van der Waals surface area contributed by atoms with E-state index in [4.69, 9.17) is 5.73 Å². The molecule has 0 amide bonds. The number of nitrogens with zero attached hydrogens (tertiary/aromatic N) is 1. The van der Waals surface area contributed by atoms with Crippen molar-refractivity contribution in [3.05, 3.63) is 58.5 Å². The molecule has 3 N–H and O–H groups in total. The quantitative estimate of drug-likeness (QED) is 0.899. The van der Waals surface area contributed by atoms with E-state index >= 15 is 0 Å². The Balaban J connectivity index is 1.70. The molecule has 0 radical (unpaired) electrons. The van der Waals surface area contributed by atoms with Gasteiger partial charge in [0.1, 0.15) is 11.6 Å². The van der Waals surface area contributed by atoms with Gasteiger partial charge < -0.3 is 11.1 Å². The summed E-state index contributed by atoms with van der Waals surface area (Å²) in [5.41, 5.74) is 9.45. The van der Waals surface area contributed by atoms with Gasteiger partial charge in [-0.25, -0.2) is 9.37 Å². The predicted octanol–water partition coefficient (Wildman–Crippen LogP) is 2.78. The number of fused-ring (bicyclic) bond motifs is 1. The predicted molar refractivity (Wildman–Crippen MR) is 77.9 cm³/mol. The standard InChI is InChI=1S/C16H18FN3/c17-14-8-11(9-18)4-5-13(14)10-19-16-7-6-12-2-1-3-15(12)20-16/h4-8H,1-3,9-10,18H2,(H,19,20). The van der Waals surface area contributed by atoms with Gasteiger partial charge in [-0.05, 0) is 42.5 Å². The molecule has 0 saturated carbocycles. The van der Waals surface area contributed by atoms with Crippen LogP contribution in [-0.4, -0.2) is 4.98 Å². The average Bonchev–Trinajstić information content (AvgIpc) is 2.93. The molecule has 1 heterocycles. The third kappa shape index (κ3) is 2.65. The molecule has 0 unspecified atom stereocenters. The summed E-state index contributed by atoms with van der Waals surface area (Å²) < 4.78 is 13.8. The van der Waals surface area contributed by atoms with Crippen LogP contribution < -0.4 is 11.1 Å². The Bertz CT molecular complexity index is 625. The fourth-order valence-electron chi connectivity index (χ4n) is 2.57. The van der Waals surface area contributed by atoms with Crippen molar-refractivity contribution in [2.24, 2.45) is 5.73 Å². The molecule has 1 aromatic heterocycles. The van der Waals surface area contributed by atoms with Crippen LogP contribution in [0.4, 0.5) is 10.2 Å². The maximum atomic E-state index is 13.8. The van der Waals surface area contributed by atoms with Gasteiger partial charge in [0.05, 0.1) is 0 Å². The van der Waals surface area contributed by atoms with Gasteiger partial charge in [-0.3, -0.25) is 0 Å². The minimum absolute atomic E-state index is 0.221. The number of hydrogen-bond donors (Lipinski definition) is 2. The number of nitrogens with two attached hydrogens (primary N) is 1. The largest absolute Gasteiger partial charge is 0.366 e. The smallest absolute Gasteiger partial charge is 0.128 e. The fourth-order valence-corrected chi connectivity index (χ4v) is 2.57. The van der Waals surface area contributed by atoms with Crippen molar-refractivity contribution in [3.8, 4) is 0 Å². The first-order valence-electron chi connectivity index (χ1n) is 6.96. The maximum Gasteiger partial charge on any atom is 0.128 e. The molecule has 0 aliphatic heterocycles. The number of aromatic nitrogens is 1. The van der Waals surface area contributed by atoms with Crippen molar-refractivity contribution in [2.45, 2.75) is 32.4 Å². The van der Waals surface area contributed by atoms with Gasteiger partial charge in [-0.1, -0.05) is 18.2 Å². The lowest BCUT2D eigenvalue weighted by Crippen LogP contribution is -2.06. The average molecular weight is 271 g/mol. The molecule has 1 aliphatic carbocycles. The zero-order valence-corrected chi connectivity index (χ0v) is 11.3. The Hall–Kier alpha value is -1.94. The SMILES string of the molecule is NCc1ccc(CNc2ccc3c(n2)CCC3)c(F)c1. The summed E-state index contributed by atoms with van der Waals surface area (Å²) in [4.78, 5) is 4.58. The number of benzene rings is 1. The molecule has 0 saturated heterocycles. The second-order valence-corrected chi connectivity index (χ2v) is 5.14. The summed E-state index contributed by atoms with van der Waals surface area (Å²) in [5.74, 6) is 0.592. The van der Waals surface area contributed by atoms with Crippen LogP contribution in [0.1, 0.15) is 28.8 Å². The Morgan fingerprint density at radius 2 is 2.10 bits per heavy atom. The van der Waals surface area contributed by atoms with E-state index in [-0.39, 0.29) is 5.82 Å². The highest BCUT2D eigenvalue weighted by atomic mass is 19.1. The summed E-state index contributed by atoms with van der Waals surface area (Å²) in [6, 6.07) is 9.21. The number of pyridine rings is 1. The highest BCUT2D eigenvalue weighted by molar-refractivity contribution is 5.41. The van der Waals surface area contributed by atoms with E-state index in [1.54, 1.807) is 6.07 Å². The van der Waals surface area contributed by atoms with Crippen LogP contribution in [-0.2, 0) is 25.9 Å². The molecule has 4 heteroatoms. The van der Waals surface area contributed by atoms with Crippen molar-refractivity contribution >= 4 is 5.82 Å². The molecule has 0 fully saturated rings. The van der Waals surface area contributed by atoms with Crippen molar-refractivity contribution in [2.75, 3.05) is 5.32 Å². The first kappa shape index (κ1) is 13.1. The highest BCUT2D eigenvalue weighted by Gasteiger charge is 2.12. The first-order valence-corrected chi connectivity index (χ1v) is 6.96. The van der Waals surface area contributed by atoms with E-state index in [1.165, 1.54) is 23.7 Å². The number of rotatable bonds is 4. The topological polar surface area (TPSA) is 50.9 Å². The van der Waals surface area contributed by atoms with Crippen LogP contribution in [0.15, 0.2) is 30.3 Å². The van der Waals surface area contributed by atoms with Gasteiger partial charge in [-0.2, -0.15) is 0 Å².